The molecule has 0 fully saturated rings. The van der Waals surface area contributed by atoms with Gasteiger partial charge in [0.05, 0.1) is 6.10 Å². The van der Waals surface area contributed by atoms with Crippen LogP contribution in [-0.4, -0.2) is 19.9 Å². The highest BCUT2D eigenvalue weighted by Crippen LogP contribution is 2.23. The quantitative estimate of drug-likeness (QED) is 0.938. The lowest BCUT2D eigenvalue weighted by atomic mass is 10.1. The molecule has 2 aromatic rings. The maximum atomic E-state index is 13.7. The highest BCUT2D eigenvalue weighted by atomic mass is 35.5. The molecule has 19 heavy (non-hydrogen) atoms. The molecule has 2 rings (SSSR count). The predicted molar refractivity (Wildman–Crippen MR) is 70.5 cm³/mol. The van der Waals surface area contributed by atoms with Gasteiger partial charge in [-0.05, 0) is 26.0 Å². The van der Waals surface area contributed by atoms with Gasteiger partial charge in [0.1, 0.15) is 18.0 Å². The van der Waals surface area contributed by atoms with E-state index in [4.69, 9.17) is 11.6 Å². The van der Waals surface area contributed by atoms with Gasteiger partial charge in [-0.2, -0.15) is 5.10 Å². The second-order valence-corrected chi connectivity index (χ2v) is 5.04. The molecule has 0 aliphatic carbocycles. The van der Waals surface area contributed by atoms with Gasteiger partial charge < -0.3 is 5.11 Å². The van der Waals surface area contributed by atoms with Crippen LogP contribution in [0.5, 0.6) is 0 Å². The van der Waals surface area contributed by atoms with Crippen LogP contribution in [0.15, 0.2) is 24.5 Å². The van der Waals surface area contributed by atoms with Crippen LogP contribution in [-0.2, 0) is 6.42 Å². The monoisotopic (exact) mass is 283 g/mol. The van der Waals surface area contributed by atoms with Gasteiger partial charge in [0.2, 0.25) is 0 Å². The summed E-state index contributed by atoms with van der Waals surface area (Å²) in [5, 5.41) is 14.5. The van der Waals surface area contributed by atoms with Crippen molar-refractivity contribution >= 4 is 11.6 Å². The fourth-order valence-electron chi connectivity index (χ4n) is 1.91. The van der Waals surface area contributed by atoms with Crippen LogP contribution >= 0.6 is 11.6 Å². The molecule has 1 unspecified atom stereocenters. The standard InChI is InChI=1S/C13H15ClFN3O/c1-8(2)18-13(16-7-17-18)6-12(19)10-4-3-9(14)5-11(10)15/h3-5,7-8,12,19H,6H2,1-2H3. The molecule has 1 N–H and O–H groups in total. The fraction of sp³-hybridized carbons (Fsp3) is 0.385. The Kier molecular flexibility index (Phi) is 4.17. The second-order valence-electron chi connectivity index (χ2n) is 4.60. The van der Waals surface area contributed by atoms with Crippen molar-refractivity contribution in [2.75, 3.05) is 0 Å². The van der Waals surface area contributed by atoms with Gasteiger partial charge in [-0.3, -0.25) is 0 Å². The molecule has 4 nitrogen and oxygen atoms in total. The van der Waals surface area contributed by atoms with Crippen molar-refractivity contribution < 1.29 is 9.50 Å². The summed E-state index contributed by atoms with van der Waals surface area (Å²) in [6.45, 7) is 3.93. The zero-order chi connectivity index (χ0) is 14.0. The third kappa shape index (κ3) is 3.11. The first-order valence-corrected chi connectivity index (χ1v) is 6.38. The smallest absolute Gasteiger partial charge is 0.138 e. The third-order valence-electron chi connectivity index (χ3n) is 2.83. The normalized spacial score (nSPS) is 12.9. The van der Waals surface area contributed by atoms with Crippen LogP contribution in [0, 0.1) is 5.82 Å². The Hall–Kier alpha value is -1.46. The SMILES string of the molecule is CC(C)n1ncnc1CC(O)c1ccc(Cl)cc1F. The summed E-state index contributed by atoms with van der Waals surface area (Å²) in [6, 6.07) is 4.36. The molecule has 0 bridgehead atoms. The molecule has 102 valence electrons. The topological polar surface area (TPSA) is 50.9 Å². The average molecular weight is 284 g/mol. The molecule has 1 heterocycles. The maximum absolute atomic E-state index is 13.7. The first-order chi connectivity index (χ1) is 8.99. The van der Waals surface area contributed by atoms with Crippen molar-refractivity contribution in [1.82, 2.24) is 14.8 Å². The molecule has 0 spiro atoms. The van der Waals surface area contributed by atoms with Crippen molar-refractivity contribution in [3.63, 3.8) is 0 Å². The lowest BCUT2D eigenvalue weighted by molar-refractivity contribution is 0.168. The lowest BCUT2D eigenvalue weighted by Gasteiger charge is -2.14. The van der Waals surface area contributed by atoms with E-state index in [-0.39, 0.29) is 18.0 Å². The van der Waals surface area contributed by atoms with Crippen LogP contribution in [0.3, 0.4) is 0 Å². The van der Waals surface area contributed by atoms with E-state index in [1.54, 1.807) is 10.7 Å². The van der Waals surface area contributed by atoms with Crippen LogP contribution in [0.1, 0.15) is 37.4 Å². The Labute approximate surface area is 115 Å². The van der Waals surface area contributed by atoms with Crippen molar-refractivity contribution in [3.8, 4) is 0 Å². The lowest BCUT2D eigenvalue weighted by Crippen LogP contribution is -2.13. The summed E-state index contributed by atoms with van der Waals surface area (Å²) >= 11 is 5.68. The van der Waals surface area contributed by atoms with E-state index in [9.17, 15) is 9.50 Å². The molecule has 0 aliphatic heterocycles. The summed E-state index contributed by atoms with van der Waals surface area (Å²) in [5.74, 6) is 0.104. The number of aliphatic hydroxyl groups excluding tert-OH is 1. The number of nitrogens with zero attached hydrogens (tertiary/aromatic N) is 3. The Balaban J connectivity index is 2.21. The van der Waals surface area contributed by atoms with Crippen LogP contribution in [0.2, 0.25) is 5.02 Å². The third-order valence-corrected chi connectivity index (χ3v) is 3.07. The van der Waals surface area contributed by atoms with E-state index in [1.165, 1.54) is 18.5 Å². The predicted octanol–water partition coefficient (Wildman–Crippen LogP) is 2.93. The van der Waals surface area contributed by atoms with Crippen molar-refractivity contribution in [3.05, 3.63) is 46.8 Å². The van der Waals surface area contributed by atoms with E-state index < -0.39 is 11.9 Å². The maximum Gasteiger partial charge on any atom is 0.138 e. The molecule has 0 saturated carbocycles. The molecule has 0 aliphatic rings. The van der Waals surface area contributed by atoms with Gasteiger partial charge in [-0.25, -0.2) is 14.1 Å². The van der Waals surface area contributed by atoms with Gasteiger partial charge in [0, 0.05) is 23.0 Å². The minimum absolute atomic E-state index is 0.139. The number of rotatable bonds is 4. The molecule has 0 amide bonds. The van der Waals surface area contributed by atoms with Gasteiger partial charge in [-0.1, -0.05) is 17.7 Å². The zero-order valence-corrected chi connectivity index (χ0v) is 11.5. The molecule has 0 saturated heterocycles. The Morgan fingerprint density at radius 3 is 2.79 bits per heavy atom. The highest BCUT2D eigenvalue weighted by molar-refractivity contribution is 6.30. The molecule has 0 radical (unpaired) electrons. The first kappa shape index (κ1) is 14.0. The second kappa shape index (κ2) is 5.67. The zero-order valence-electron chi connectivity index (χ0n) is 10.7. The van der Waals surface area contributed by atoms with Gasteiger partial charge in [0.25, 0.3) is 0 Å². The van der Waals surface area contributed by atoms with Crippen molar-refractivity contribution in [2.45, 2.75) is 32.4 Å². The molecule has 1 aromatic heterocycles. The number of hydrogen-bond donors (Lipinski definition) is 1. The average Bonchev–Trinajstić information content (AvgIpc) is 2.76. The van der Waals surface area contributed by atoms with Crippen molar-refractivity contribution in [1.29, 1.82) is 0 Å². The fourth-order valence-corrected chi connectivity index (χ4v) is 2.06. The Bertz CT molecular complexity index is 571. The molecular weight excluding hydrogens is 269 g/mol. The van der Waals surface area contributed by atoms with Gasteiger partial charge in [0.15, 0.2) is 0 Å². The van der Waals surface area contributed by atoms with E-state index in [0.29, 0.717) is 10.8 Å². The van der Waals surface area contributed by atoms with E-state index >= 15 is 0 Å². The summed E-state index contributed by atoms with van der Waals surface area (Å²) in [5.41, 5.74) is 0.211. The number of hydrogen-bond acceptors (Lipinski definition) is 3. The van der Waals surface area contributed by atoms with Crippen LogP contribution in [0.4, 0.5) is 4.39 Å². The van der Waals surface area contributed by atoms with Gasteiger partial charge in [-0.15, -0.1) is 0 Å². The minimum Gasteiger partial charge on any atom is -0.388 e. The number of aromatic nitrogens is 3. The van der Waals surface area contributed by atoms with Gasteiger partial charge >= 0.3 is 0 Å². The molecule has 1 aromatic carbocycles. The largest absolute Gasteiger partial charge is 0.388 e. The Morgan fingerprint density at radius 1 is 1.42 bits per heavy atom. The molecule has 6 heteroatoms. The number of benzene rings is 1. The molecule has 1 atom stereocenters. The summed E-state index contributed by atoms with van der Waals surface area (Å²) in [6.07, 6.45) is 0.663. The summed E-state index contributed by atoms with van der Waals surface area (Å²) < 4.78 is 15.4. The molecular formula is C13H15ClFN3O. The summed E-state index contributed by atoms with van der Waals surface area (Å²) in [4.78, 5) is 4.09. The highest BCUT2D eigenvalue weighted by Gasteiger charge is 2.17. The number of halogens is 2. The van der Waals surface area contributed by atoms with E-state index in [2.05, 4.69) is 10.1 Å². The van der Waals surface area contributed by atoms with E-state index in [1.807, 2.05) is 13.8 Å². The van der Waals surface area contributed by atoms with Crippen LogP contribution < -0.4 is 0 Å². The van der Waals surface area contributed by atoms with Crippen LogP contribution in [0.25, 0.3) is 0 Å². The first-order valence-electron chi connectivity index (χ1n) is 6.00. The minimum atomic E-state index is -0.973. The summed E-state index contributed by atoms with van der Waals surface area (Å²) in [7, 11) is 0. The van der Waals surface area contributed by atoms with E-state index in [0.717, 1.165) is 0 Å². The number of aliphatic hydroxyl groups is 1. The van der Waals surface area contributed by atoms with Crippen molar-refractivity contribution in [2.24, 2.45) is 0 Å². The Morgan fingerprint density at radius 2 is 2.16 bits per heavy atom.